The molecule has 0 aromatic carbocycles. The molecule has 1 aromatic rings. The third-order valence-corrected chi connectivity index (χ3v) is 2.91. The van der Waals surface area contributed by atoms with Crippen molar-refractivity contribution in [2.75, 3.05) is 5.75 Å². The smallest absolute Gasteiger partial charge is 0.171 e. The van der Waals surface area contributed by atoms with Gasteiger partial charge in [0, 0.05) is 17.8 Å². The number of pyridine rings is 1. The monoisotopic (exact) mass is 197 g/mol. The molecule has 13 heavy (non-hydrogen) atoms. The quantitative estimate of drug-likeness (QED) is 0.737. The van der Waals surface area contributed by atoms with Gasteiger partial charge in [-0.25, -0.2) is 8.42 Å². The summed E-state index contributed by atoms with van der Waals surface area (Å²) >= 11 is 0. The molecule has 0 bridgehead atoms. The first kappa shape index (κ1) is 9.92. The van der Waals surface area contributed by atoms with Gasteiger partial charge in [-0.1, -0.05) is 13.0 Å². The van der Waals surface area contributed by atoms with Crippen molar-refractivity contribution in [2.45, 2.75) is 6.92 Å². The van der Waals surface area contributed by atoms with E-state index in [0.717, 1.165) is 5.56 Å². The molecule has 0 unspecified atom stereocenters. The minimum atomic E-state index is -3.03. The van der Waals surface area contributed by atoms with E-state index in [1.807, 2.05) is 0 Å². The number of hydrogen-bond donors (Lipinski definition) is 0. The summed E-state index contributed by atoms with van der Waals surface area (Å²) in [7, 11) is -3.03. The van der Waals surface area contributed by atoms with E-state index in [0.29, 0.717) is 0 Å². The predicted molar refractivity (Wildman–Crippen MR) is 52.7 cm³/mol. The Balaban J connectivity index is 2.82. The van der Waals surface area contributed by atoms with Gasteiger partial charge in [0.25, 0.3) is 0 Å². The third-order valence-electron chi connectivity index (χ3n) is 1.55. The fraction of sp³-hybridized carbons (Fsp3) is 0.222. The largest absolute Gasteiger partial charge is 0.264 e. The number of aromatic nitrogens is 1. The molecule has 70 valence electrons. The summed E-state index contributed by atoms with van der Waals surface area (Å²) in [5.41, 5.74) is 0.791. The minimum absolute atomic E-state index is 0.129. The number of nitrogens with zero attached hydrogens (tertiary/aromatic N) is 1. The number of sulfone groups is 1. The molecule has 0 saturated carbocycles. The van der Waals surface area contributed by atoms with Crippen molar-refractivity contribution in [1.29, 1.82) is 0 Å². The van der Waals surface area contributed by atoms with Crippen LogP contribution in [0.1, 0.15) is 12.5 Å². The van der Waals surface area contributed by atoms with Crippen LogP contribution in [0.3, 0.4) is 0 Å². The Hall–Kier alpha value is -1.16. The van der Waals surface area contributed by atoms with Crippen molar-refractivity contribution in [3.63, 3.8) is 0 Å². The molecule has 0 N–H and O–H groups in total. The van der Waals surface area contributed by atoms with Gasteiger partial charge < -0.3 is 0 Å². The molecule has 1 heterocycles. The van der Waals surface area contributed by atoms with Crippen LogP contribution in [-0.4, -0.2) is 19.2 Å². The van der Waals surface area contributed by atoms with Crippen molar-refractivity contribution in [3.05, 3.63) is 35.5 Å². The van der Waals surface area contributed by atoms with Crippen LogP contribution in [0.2, 0.25) is 0 Å². The highest BCUT2D eigenvalue weighted by molar-refractivity contribution is 7.94. The maximum atomic E-state index is 11.1. The lowest BCUT2D eigenvalue weighted by molar-refractivity contribution is 0.606. The molecule has 0 aliphatic heterocycles. The number of hydrogen-bond acceptors (Lipinski definition) is 3. The van der Waals surface area contributed by atoms with E-state index in [-0.39, 0.29) is 5.75 Å². The highest BCUT2D eigenvalue weighted by atomic mass is 32.2. The molecule has 0 amide bonds. The molecule has 0 spiro atoms. The van der Waals surface area contributed by atoms with Crippen molar-refractivity contribution >= 4 is 15.9 Å². The molecule has 0 radical (unpaired) electrons. The lowest BCUT2D eigenvalue weighted by atomic mass is 10.3. The first-order chi connectivity index (χ1) is 6.14. The van der Waals surface area contributed by atoms with E-state index in [4.69, 9.17) is 0 Å². The first-order valence-electron chi connectivity index (χ1n) is 3.95. The van der Waals surface area contributed by atoms with Crippen molar-refractivity contribution in [1.82, 2.24) is 4.98 Å². The minimum Gasteiger partial charge on any atom is -0.264 e. The summed E-state index contributed by atoms with van der Waals surface area (Å²) in [6.07, 6.45) is 4.80. The summed E-state index contributed by atoms with van der Waals surface area (Å²) in [5.74, 6) is 0.129. The van der Waals surface area contributed by atoms with Gasteiger partial charge in [0.2, 0.25) is 0 Å². The fourth-order valence-corrected chi connectivity index (χ4v) is 1.31. The molecule has 0 atom stereocenters. The average molecular weight is 197 g/mol. The van der Waals surface area contributed by atoms with Gasteiger partial charge in [-0.05, 0) is 17.7 Å². The average Bonchev–Trinajstić information content (AvgIpc) is 2.17. The van der Waals surface area contributed by atoms with Gasteiger partial charge in [0.15, 0.2) is 9.84 Å². The molecular weight excluding hydrogens is 186 g/mol. The van der Waals surface area contributed by atoms with Gasteiger partial charge in [0.05, 0.1) is 5.75 Å². The van der Waals surface area contributed by atoms with Crippen LogP contribution in [0.15, 0.2) is 29.9 Å². The molecule has 0 aliphatic carbocycles. The SMILES string of the molecule is CCS(=O)(=O)/C=C/c1cccnc1. The first-order valence-corrected chi connectivity index (χ1v) is 5.66. The zero-order chi connectivity index (χ0) is 9.73. The molecule has 0 saturated heterocycles. The predicted octanol–water partition coefficient (Wildman–Crippen LogP) is 1.49. The maximum Gasteiger partial charge on any atom is 0.171 e. The Morgan fingerprint density at radius 1 is 1.54 bits per heavy atom. The van der Waals surface area contributed by atoms with Crippen LogP contribution in [-0.2, 0) is 9.84 Å². The van der Waals surface area contributed by atoms with Crippen molar-refractivity contribution in [3.8, 4) is 0 Å². The molecule has 0 aliphatic rings. The van der Waals surface area contributed by atoms with E-state index in [1.54, 1.807) is 37.5 Å². The molecule has 0 fully saturated rings. The second kappa shape index (κ2) is 4.18. The van der Waals surface area contributed by atoms with Gasteiger partial charge in [-0.15, -0.1) is 0 Å². The Bertz CT molecular complexity index is 381. The summed E-state index contributed by atoms with van der Waals surface area (Å²) in [6, 6.07) is 3.56. The van der Waals surface area contributed by atoms with E-state index in [9.17, 15) is 8.42 Å². The summed E-state index contributed by atoms with van der Waals surface area (Å²) in [6.45, 7) is 1.61. The van der Waals surface area contributed by atoms with E-state index in [2.05, 4.69) is 4.98 Å². The molecular formula is C9H11NO2S. The fourth-order valence-electron chi connectivity index (χ4n) is 0.753. The lowest BCUT2D eigenvalue weighted by Gasteiger charge is -1.91. The van der Waals surface area contributed by atoms with Crippen LogP contribution in [0.5, 0.6) is 0 Å². The molecule has 4 heteroatoms. The zero-order valence-electron chi connectivity index (χ0n) is 7.34. The molecule has 3 nitrogen and oxygen atoms in total. The number of rotatable bonds is 3. The van der Waals surface area contributed by atoms with Crippen LogP contribution in [0, 0.1) is 0 Å². The highest BCUT2D eigenvalue weighted by Crippen LogP contribution is 2.01. The van der Waals surface area contributed by atoms with E-state index < -0.39 is 9.84 Å². The van der Waals surface area contributed by atoms with E-state index >= 15 is 0 Å². The zero-order valence-corrected chi connectivity index (χ0v) is 8.16. The van der Waals surface area contributed by atoms with E-state index in [1.165, 1.54) is 5.41 Å². The van der Waals surface area contributed by atoms with Crippen LogP contribution < -0.4 is 0 Å². The summed E-state index contributed by atoms with van der Waals surface area (Å²) in [5, 5.41) is 1.21. The molecule has 1 rings (SSSR count). The Kier molecular flexibility index (Phi) is 3.19. The normalized spacial score (nSPS) is 12.1. The standard InChI is InChI=1S/C9H11NO2S/c1-2-13(11,12)7-5-9-4-3-6-10-8-9/h3-8H,2H2,1H3/b7-5+. The summed E-state index contributed by atoms with van der Waals surface area (Å²) in [4.78, 5) is 3.87. The second-order valence-corrected chi connectivity index (χ2v) is 4.72. The van der Waals surface area contributed by atoms with Gasteiger partial charge >= 0.3 is 0 Å². The topological polar surface area (TPSA) is 47.0 Å². The Morgan fingerprint density at radius 3 is 2.85 bits per heavy atom. The maximum absolute atomic E-state index is 11.1. The lowest BCUT2D eigenvalue weighted by Crippen LogP contribution is -1.96. The van der Waals surface area contributed by atoms with Crippen molar-refractivity contribution < 1.29 is 8.42 Å². The van der Waals surface area contributed by atoms with Crippen LogP contribution in [0.4, 0.5) is 0 Å². The Labute approximate surface area is 78.0 Å². The Morgan fingerprint density at radius 2 is 2.31 bits per heavy atom. The van der Waals surface area contributed by atoms with Crippen LogP contribution >= 0.6 is 0 Å². The highest BCUT2D eigenvalue weighted by Gasteiger charge is 1.99. The van der Waals surface area contributed by atoms with Gasteiger partial charge in [0.1, 0.15) is 0 Å². The molecule has 1 aromatic heterocycles. The summed E-state index contributed by atoms with van der Waals surface area (Å²) < 4.78 is 22.1. The second-order valence-electron chi connectivity index (χ2n) is 2.54. The van der Waals surface area contributed by atoms with Gasteiger partial charge in [-0.2, -0.15) is 0 Å². The van der Waals surface area contributed by atoms with Crippen LogP contribution in [0.25, 0.3) is 6.08 Å². The third kappa shape index (κ3) is 3.38. The van der Waals surface area contributed by atoms with Gasteiger partial charge in [-0.3, -0.25) is 4.98 Å². The van der Waals surface area contributed by atoms with Crippen molar-refractivity contribution in [2.24, 2.45) is 0 Å².